The molecule has 5 N–H and O–H groups in total. The SMILES string of the molecule is COc1cc(C)c2c(-c3ccccc3)c(OC)cc(NC(C)CCCN)c2n1.O=C(O)CCC(=O)O. The van der Waals surface area contributed by atoms with Crippen LogP contribution < -0.4 is 20.5 Å². The second-order valence-corrected chi connectivity index (χ2v) is 8.34. The van der Waals surface area contributed by atoms with Gasteiger partial charge in [0.2, 0.25) is 5.88 Å². The predicted octanol–water partition coefficient (Wildman–Crippen LogP) is 4.70. The van der Waals surface area contributed by atoms with E-state index in [2.05, 4.69) is 31.3 Å². The molecule has 3 rings (SSSR count). The molecule has 9 nitrogen and oxygen atoms in total. The second-order valence-electron chi connectivity index (χ2n) is 8.34. The van der Waals surface area contributed by atoms with Crippen molar-refractivity contribution < 1.29 is 29.3 Å². The molecule has 0 saturated heterocycles. The molecule has 0 fully saturated rings. The fourth-order valence-corrected chi connectivity index (χ4v) is 3.79. The van der Waals surface area contributed by atoms with Crippen molar-refractivity contribution in [2.24, 2.45) is 5.73 Å². The van der Waals surface area contributed by atoms with Crippen molar-refractivity contribution in [1.29, 1.82) is 0 Å². The number of rotatable bonds is 11. The summed E-state index contributed by atoms with van der Waals surface area (Å²) in [5.74, 6) is -0.728. The molecule has 0 amide bonds. The van der Waals surface area contributed by atoms with E-state index < -0.39 is 11.9 Å². The first-order valence-corrected chi connectivity index (χ1v) is 11.7. The van der Waals surface area contributed by atoms with Crippen molar-refractivity contribution in [3.8, 4) is 22.8 Å². The molecule has 0 radical (unpaired) electrons. The van der Waals surface area contributed by atoms with Crippen molar-refractivity contribution in [1.82, 2.24) is 4.98 Å². The lowest BCUT2D eigenvalue weighted by Gasteiger charge is -2.21. The average molecular weight is 498 g/mol. The lowest BCUT2D eigenvalue weighted by atomic mass is 9.95. The van der Waals surface area contributed by atoms with E-state index in [1.165, 1.54) is 0 Å². The topological polar surface area (TPSA) is 144 Å². The minimum atomic E-state index is -1.08. The van der Waals surface area contributed by atoms with Crippen molar-refractivity contribution in [3.63, 3.8) is 0 Å². The van der Waals surface area contributed by atoms with Crippen LogP contribution in [0.3, 0.4) is 0 Å². The van der Waals surface area contributed by atoms with Gasteiger partial charge in [-0.25, -0.2) is 4.98 Å². The lowest BCUT2D eigenvalue weighted by molar-refractivity contribution is -0.143. The number of hydrogen-bond donors (Lipinski definition) is 4. The van der Waals surface area contributed by atoms with Crippen molar-refractivity contribution in [2.75, 3.05) is 26.1 Å². The van der Waals surface area contributed by atoms with Crippen LogP contribution in [0.2, 0.25) is 0 Å². The van der Waals surface area contributed by atoms with Crippen LogP contribution in [0.5, 0.6) is 11.6 Å². The van der Waals surface area contributed by atoms with Gasteiger partial charge < -0.3 is 30.7 Å². The largest absolute Gasteiger partial charge is 0.496 e. The third-order valence-corrected chi connectivity index (χ3v) is 5.51. The van der Waals surface area contributed by atoms with Gasteiger partial charge >= 0.3 is 11.9 Å². The zero-order chi connectivity index (χ0) is 26.7. The van der Waals surface area contributed by atoms with E-state index >= 15 is 0 Å². The maximum atomic E-state index is 9.64. The van der Waals surface area contributed by atoms with Crippen LogP contribution in [-0.4, -0.2) is 53.9 Å². The molecule has 1 aromatic heterocycles. The smallest absolute Gasteiger partial charge is 0.303 e. The standard InChI is InChI=1S/C23H29N3O2.C4H6O4/c1-15-13-20(28-4)26-23-18(25-16(2)9-8-12-24)14-19(27-3)22(21(15)23)17-10-6-5-7-11-17;5-3(6)1-2-4(7)8/h5-7,10-11,13-14,16,25H,8-9,12,24H2,1-4H3;1-2H2,(H,5,6)(H,7,8). The molecule has 0 aliphatic heterocycles. The maximum absolute atomic E-state index is 9.64. The van der Waals surface area contributed by atoms with E-state index in [4.69, 9.17) is 30.4 Å². The highest BCUT2D eigenvalue weighted by Gasteiger charge is 2.19. The Kier molecular flexibility index (Phi) is 11.0. The Balaban J connectivity index is 0.000000493. The molecular weight excluding hydrogens is 462 g/mol. The van der Waals surface area contributed by atoms with Crippen LogP contribution >= 0.6 is 0 Å². The van der Waals surface area contributed by atoms with Crippen molar-refractivity contribution in [3.05, 3.63) is 48.0 Å². The Morgan fingerprint density at radius 2 is 1.69 bits per heavy atom. The van der Waals surface area contributed by atoms with Gasteiger partial charge in [0.1, 0.15) is 5.75 Å². The number of methoxy groups -OCH3 is 2. The Labute approximate surface area is 211 Å². The highest BCUT2D eigenvalue weighted by Crippen LogP contribution is 2.43. The number of carbonyl (C=O) groups is 2. The monoisotopic (exact) mass is 497 g/mol. The lowest BCUT2D eigenvalue weighted by Crippen LogP contribution is -2.17. The summed E-state index contributed by atoms with van der Waals surface area (Å²) < 4.78 is 11.2. The number of anilines is 1. The van der Waals surface area contributed by atoms with Gasteiger partial charge in [-0.15, -0.1) is 0 Å². The van der Waals surface area contributed by atoms with Crippen LogP contribution in [-0.2, 0) is 9.59 Å². The Bertz CT molecular complexity index is 1150. The van der Waals surface area contributed by atoms with Gasteiger partial charge in [0.25, 0.3) is 0 Å². The molecule has 0 aliphatic rings. The predicted molar refractivity (Wildman–Crippen MR) is 141 cm³/mol. The minimum absolute atomic E-state index is 0.271. The summed E-state index contributed by atoms with van der Waals surface area (Å²) in [6.07, 6.45) is 1.37. The molecule has 3 aromatic rings. The highest BCUT2D eigenvalue weighted by atomic mass is 16.5. The minimum Gasteiger partial charge on any atom is -0.496 e. The van der Waals surface area contributed by atoms with Gasteiger partial charge in [0, 0.05) is 29.1 Å². The Hall–Kier alpha value is -3.85. The Morgan fingerprint density at radius 3 is 2.22 bits per heavy atom. The molecular formula is C27H35N3O6. The molecule has 36 heavy (non-hydrogen) atoms. The number of pyridine rings is 1. The quantitative estimate of drug-likeness (QED) is 0.296. The van der Waals surface area contributed by atoms with Crippen molar-refractivity contribution >= 4 is 28.5 Å². The van der Waals surface area contributed by atoms with E-state index in [1.54, 1.807) is 14.2 Å². The van der Waals surface area contributed by atoms with Gasteiger partial charge in [-0.2, -0.15) is 0 Å². The second kappa shape index (κ2) is 13.9. The molecule has 1 heterocycles. The Morgan fingerprint density at radius 1 is 1.06 bits per heavy atom. The number of carboxylic acids is 2. The number of fused-ring (bicyclic) bond motifs is 1. The van der Waals surface area contributed by atoms with E-state index in [9.17, 15) is 9.59 Å². The number of nitrogens with two attached hydrogens (primary N) is 1. The summed E-state index contributed by atoms with van der Waals surface area (Å²) in [5, 5.41) is 20.5. The normalized spacial score (nSPS) is 11.2. The number of aromatic nitrogens is 1. The fraction of sp³-hybridized carbons (Fsp3) is 0.370. The first-order valence-electron chi connectivity index (χ1n) is 11.7. The highest BCUT2D eigenvalue weighted by molar-refractivity contribution is 6.06. The number of carboxylic acid groups (broad SMARTS) is 2. The maximum Gasteiger partial charge on any atom is 0.303 e. The van der Waals surface area contributed by atoms with Crippen molar-refractivity contribution in [2.45, 2.75) is 45.6 Å². The van der Waals surface area contributed by atoms with Crippen LogP contribution in [0, 0.1) is 6.92 Å². The van der Waals surface area contributed by atoms with Gasteiger partial charge in [0.15, 0.2) is 0 Å². The third-order valence-electron chi connectivity index (χ3n) is 5.51. The third kappa shape index (κ3) is 7.84. The van der Waals surface area contributed by atoms with Crippen LogP contribution in [0.1, 0.15) is 38.2 Å². The molecule has 194 valence electrons. The molecule has 0 spiro atoms. The molecule has 0 saturated carbocycles. The summed E-state index contributed by atoms with van der Waals surface area (Å²) in [6, 6.07) is 14.6. The molecule has 0 aliphatic carbocycles. The summed E-state index contributed by atoms with van der Waals surface area (Å²) in [6.45, 7) is 4.93. The van der Waals surface area contributed by atoms with Gasteiger partial charge in [-0.05, 0) is 44.4 Å². The molecule has 1 atom stereocenters. The summed E-state index contributed by atoms with van der Waals surface area (Å²) >= 11 is 0. The first-order chi connectivity index (χ1) is 17.2. The fourth-order valence-electron chi connectivity index (χ4n) is 3.79. The van der Waals surface area contributed by atoms with E-state index in [0.29, 0.717) is 12.4 Å². The number of ether oxygens (including phenoxy) is 2. The number of nitrogens with one attached hydrogen (secondary N) is 1. The zero-order valence-electron chi connectivity index (χ0n) is 21.2. The summed E-state index contributed by atoms with van der Waals surface area (Å²) in [4.78, 5) is 24.1. The van der Waals surface area contributed by atoms with E-state index in [1.807, 2.05) is 30.3 Å². The molecule has 0 bridgehead atoms. The van der Waals surface area contributed by atoms with Crippen LogP contribution in [0.25, 0.3) is 22.0 Å². The van der Waals surface area contributed by atoms with E-state index in [0.717, 1.165) is 51.9 Å². The van der Waals surface area contributed by atoms with Gasteiger partial charge in [0.05, 0.1) is 38.3 Å². The zero-order valence-corrected chi connectivity index (χ0v) is 21.2. The number of aliphatic carboxylic acids is 2. The number of aryl methyl sites for hydroxylation is 1. The average Bonchev–Trinajstić information content (AvgIpc) is 2.86. The van der Waals surface area contributed by atoms with E-state index in [-0.39, 0.29) is 18.9 Å². The molecule has 9 heteroatoms. The first kappa shape index (κ1) is 28.4. The molecule has 1 unspecified atom stereocenters. The summed E-state index contributed by atoms with van der Waals surface area (Å²) in [7, 11) is 3.35. The number of nitrogens with zero attached hydrogens (tertiary/aromatic N) is 1. The molecule has 2 aromatic carbocycles. The number of hydrogen-bond acceptors (Lipinski definition) is 7. The van der Waals surface area contributed by atoms with Gasteiger partial charge in [-0.3, -0.25) is 9.59 Å². The van der Waals surface area contributed by atoms with Crippen LogP contribution in [0.15, 0.2) is 42.5 Å². The van der Waals surface area contributed by atoms with Gasteiger partial charge in [-0.1, -0.05) is 30.3 Å². The summed E-state index contributed by atoms with van der Waals surface area (Å²) in [5.41, 5.74) is 10.7. The van der Waals surface area contributed by atoms with Crippen LogP contribution in [0.4, 0.5) is 5.69 Å². The number of benzene rings is 2.